The Hall–Kier alpha value is -0.670. The van der Waals surface area contributed by atoms with Crippen LogP contribution in [0.1, 0.15) is 50.7 Å². The molecule has 1 N–H and O–H groups in total. The summed E-state index contributed by atoms with van der Waals surface area (Å²) in [7, 11) is -0.722. The SMILES string of the molecule is CCCNC(C)CCCCS(=O)Cc1ccccc1C. The molecule has 1 rings (SSSR count). The van der Waals surface area contributed by atoms with Gasteiger partial charge >= 0.3 is 0 Å². The molecular formula is C17H29NOS. The van der Waals surface area contributed by atoms with Crippen molar-refractivity contribution in [3.8, 4) is 0 Å². The van der Waals surface area contributed by atoms with Crippen LogP contribution < -0.4 is 5.32 Å². The average Bonchev–Trinajstić information content (AvgIpc) is 2.44. The minimum Gasteiger partial charge on any atom is -0.314 e. The van der Waals surface area contributed by atoms with E-state index >= 15 is 0 Å². The van der Waals surface area contributed by atoms with Gasteiger partial charge in [0.1, 0.15) is 0 Å². The standard InChI is InChI=1S/C17H29NOS/c1-4-12-18-16(3)10-7-8-13-20(19)14-17-11-6-5-9-15(17)2/h5-6,9,11,16,18H,4,7-8,10,12-14H2,1-3H3. The molecule has 2 unspecified atom stereocenters. The van der Waals surface area contributed by atoms with Crippen LogP contribution >= 0.6 is 0 Å². The lowest BCUT2D eigenvalue weighted by Crippen LogP contribution is -2.26. The van der Waals surface area contributed by atoms with Crippen molar-refractivity contribution < 1.29 is 4.21 Å². The van der Waals surface area contributed by atoms with Crippen molar-refractivity contribution in [2.24, 2.45) is 0 Å². The zero-order valence-electron chi connectivity index (χ0n) is 13.2. The summed E-state index contributed by atoms with van der Waals surface area (Å²) >= 11 is 0. The highest BCUT2D eigenvalue weighted by Gasteiger charge is 2.05. The van der Waals surface area contributed by atoms with Gasteiger partial charge in [-0.2, -0.15) is 0 Å². The molecule has 0 bridgehead atoms. The van der Waals surface area contributed by atoms with Crippen molar-refractivity contribution in [1.29, 1.82) is 0 Å². The second-order valence-electron chi connectivity index (χ2n) is 5.57. The van der Waals surface area contributed by atoms with Crippen LogP contribution in [-0.4, -0.2) is 22.5 Å². The maximum absolute atomic E-state index is 12.1. The molecule has 0 aromatic heterocycles. The molecule has 0 radical (unpaired) electrons. The average molecular weight is 295 g/mol. The monoisotopic (exact) mass is 295 g/mol. The normalized spacial score (nSPS) is 14.2. The molecule has 3 heteroatoms. The second-order valence-corrected chi connectivity index (χ2v) is 7.14. The summed E-state index contributed by atoms with van der Waals surface area (Å²) in [6.07, 6.45) is 4.60. The van der Waals surface area contributed by atoms with Crippen LogP contribution in [0, 0.1) is 6.92 Å². The smallest absolute Gasteiger partial charge is 0.0488 e. The van der Waals surface area contributed by atoms with E-state index in [1.165, 1.54) is 24.0 Å². The molecule has 0 aliphatic carbocycles. The number of unbranched alkanes of at least 4 members (excludes halogenated alkanes) is 1. The van der Waals surface area contributed by atoms with Gasteiger partial charge in [0.15, 0.2) is 0 Å². The fourth-order valence-corrected chi connectivity index (χ4v) is 3.57. The first-order valence-electron chi connectivity index (χ1n) is 7.76. The van der Waals surface area contributed by atoms with Crippen molar-refractivity contribution in [3.63, 3.8) is 0 Å². The molecule has 20 heavy (non-hydrogen) atoms. The van der Waals surface area contributed by atoms with Crippen LogP contribution in [0.25, 0.3) is 0 Å². The van der Waals surface area contributed by atoms with Crippen LogP contribution in [0.3, 0.4) is 0 Å². The molecule has 1 aromatic rings. The molecule has 0 aliphatic rings. The topological polar surface area (TPSA) is 29.1 Å². The van der Waals surface area contributed by atoms with Gasteiger partial charge in [0.05, 0.1) is 0 Å². The molecule has 0 spiro atoms. The highest BCUT2D eigenvalue weighted by molar-refractivity contribution is 7.84. The Bertz CT molecular complexity index is 406. The van der Waals surface area contributed by atoms with E-state index in [9.17, 15) is 4.21 Å². The van der Waals surface area contributed by atoms with E-state index in [1.54, 1.807) is 0 Å². The summed E-state index contributed by atoms with van der Waals surface area (Å²) in [5.74, 6) is 1.53. The van der Waals surface area contributed by atoms with Crippen LogP contribution in [0.5, 0.6) is 0 Å². The number of hydrogen-bond donors (Lipinski definition) is 1. The van der Waals surface area contributed by atoms with E-state index in [-0.39, 0.29) is 0 Å². The molecule has 0 saturated carbocycles. The number of aryl methyl sites for hydroxylation is 1. The van der Waals surface area contributed by atoms with Gasteiger partial charge in [-0.3, -0.25) is 4.21 Å². The molecule has 0 saturated heterocycles. The molecule has 1 aromatic carbocycles. The first-order chi connectivity index (χ1) is 9.63. The molecular weight excluding hydrogens is 266 g/mol. The Morgan fingerprint density at radius 1 is 1.25 bits per heavy atom. The summed E-state index contributed by atoms with van der Waals surface area (Å²) < 4.78 is 12.1. The van der Waals surface area contributed by atoms with Crippen LogP contribution in [0.2, 0.25) is 0 Å². The van der Waals surface area contributed by atoms with Gasteiger partial charge in [0, 0.05) is 28.3 Å². The van der Waals surface area contributed by atoms with E-state index in [0.29, 0.717) is 11.8 Å². The first kappa shape index (κ1) is 17.4. The zero-order chi connectivity index (χ0) is 14.8. The van der Waals surface area contributed by atoms with E-state index in [2.05, 4.69) is 38.2 Å². The van der Waals surface area contributed by atoms with Gasteiger partial charge in [-0.05, 0) is 50.8 Å². The van der Waals surface area contributed by atoms with E-state index in [1.807, 2.05) is 12.1 Å². The van der Waals surface area contributed by atoms with Crippen LogP contribution in [-0.2, 0) is 16.6 Å². The summed E-state index contributed by atoms with van der Waals surface area (Å²) in [6.45, 7) is 7.61. The molecule has 0 amide bonds. The Morgan fingerprint density at radius 2 is 2.00 bits per heavy atom. The number of benzene rings is 1. The van der Waals surface area contributed by atoms with Gasteiger partial charge in [0.25, 0.3) is 0 Å². The van der Waals surface area contributed by atoms with E-state index in [4.69, 9.17) is 0 Å². The summed E-state index contributed by atoms with van der Waals surface area (Å²) in [4.78, 5) is 0. The lowest BCUT2D eigenvalue weighted by molar-refractivity contribution is 0.495. The number of hydrogen-bond acceptors (Lipinski definition) is 2. The maximum Gasteiger partial charge on any atom is 0.0488 e. The van der Waals surface area contributed by atoms with Gasteiger partial charge in [-0.25, -0.2) is 0 Å². The van der Waals surface area contributed by atoms with Crippen LogP contribution in [0.4, 0.5) is 0 Å². The predicted molar refractivity (Wildman–Crippen MR) is 89.5 cm³/mol. The Kier molecular flexibility index (Phi) is 8.79. The summed E-state index contributed by atoms with van der Waals surface area (Å²) in [5.41, 5.74) is 2.47. The fourth-order valence-electron chi connectivity index (χ4n) is 2.22. The van der Waals surface area contributed by atoms with Crippen molar-refractivity contribution in [1.82, 2.24) is 5.32 Å². The van der Waals surface area contributed by atoms with Gasteiger partial charge in [-0.1, -0.05) is 37.6 Å². The number of rotatable bonds is 10. The molecule has 0 aliphatic heterocycles. The van der Waals surface area contributed by atoms with Crippen molar-refractivity contribution in [2.75, 3.05) is 12.3 Å². The molecule has 0 heterocycles. The lowest BCUT2D eigenvalue weighted by atomic mass is 10.1. The Labute approximate surface area is 126 Å². The predicted octanol–water partition coefficient (Wildman–Crippen LogP) is 3.80. The van der Waals surface area contributed by atoms with Gasteiger partial charge < -0.3 is 5.32 Å². The minimum atomic E-state index is -0.722. The third-order valence-electron chi connectivity index (χ3n) is 3.58. The van der Waals surface area contributed by atoms with Crippen LogP contribution in [0.15, 0.2) is 24.3 Å². The maximum atomic E-state index is 12.1. The van der Waals surface area contributed by atoms with Crippen molar-refractivity contribution in [3.05, 3.63) is 35.4 Å². The van der Waals surface area contributed by atoms with Gasteiger partial charge in [0.2, 0.25) is 0 Å². The van der Waals surface area contributed by atoms with Crippen molar-refractivity contribution >= 4 is 10.8 Å². The molecule has 114 valence electrons. The zero-order valence-corrected chi connectivity index (χ0v) is 14.0. The second kappa shape index (κ2) is 10.1. The third kappa shape index (κ3) is 7.20. The summed E-state index contributed by atoms with van der Waals surface area (Å²) in [6, 6.07) is 8.82. The van der Waals surface area contributed by atoms with Crippen molar-refractivity contribution in [2.45, 2.75) is 58.2 Å². The molecule has 2 nitrogen and oxygen atoms in total. The molecule has 0 fully saturated rings. The third-order valence-corrected chi connectivity index (χ3v) is 4.96. The van der Waals surface area contributed by atoms with E-state index < -0.39 is 10.8 Å². The largest absolute Gasteiger partial charge is 0.314 e. The van der Waals surface area contributed by atoms with E-state index in [0.717, 1.165) is 25.1 Å². The Balaban J connectivity index is 2.16. The first-order valence-corrected chi connectivity index (χ1v) is 9.25. The molecule has 2 atom stereocenters. The quantitative estimate of drug-likeness (QED) is 0.665. The number of nitrogens with one attached hydrogen (secondary N) is 1. The lowest BCUT2D eigenvalue weighted by Gasteiger charge is -2.12. The highest BCUT2D eigenvalue weighted by Crippen LogP contribution is 2.11. The Morgan fingerprint density at radius 3 is 2.70 bits per heavy atom. The summed E-state index contributed by atoms with van der Waals surface area (Å²) in [5, 5.41) is 3.49. The fraction of sp³-hybridized carbons (Fsp3) is 0.647. The highest BCUT2D eigenvalue weighted by atomic mass is 32.2. The van der Waals surface area contributed by atoms with Gasteiger partial charge in [-0.15, -0.1) is 0 Å². The minimum absolute atomic E-state index is 0.583.